The summed E-state index contributed by atoms with van der Waals surface area (Å²) in [4.78, 5) is 10.8. The van der Waals surface area contributed by atoms with Crippen LogP contribution in [-0.2, 0) is 24.4 Å². The van der Waals surface area contributed by atoms with Crippen molar-refractivity contribution in [1.82, 2.24) is 0 Å². The molecule has 0 aliphatic heterocycles. The Morgan fingerprint density at radius 1 is 0.636 bits per heavy atom. The monoisotopic (exact) mass is 604 g/mol. The van der Waals surface area contributed by atoms with Crippen LogP contribution in [0.15, 0.2) is 97.6 Å². The molecule has 0 unspecified atom stereocenters. The standard InChI is InChI=1S/C19H22O5.C17H22O3/c1-2-19(20)24-15-13-22-11-10-21-12-14-23-18-9-5-7-16-6-3-4-8-17(16)18;18-11-8-17(9-12-19,10-13-20)16-7-3-5-14-4-1-2-6-15(14)16/h2-9H,1,10-15H2;1-7,18-20H,8-13H2. The van der Waals surface area contributed by atoms with Crippen LogP contribution >= 0.6 is 0 Å². The number of rotatable bonds is 18. The summed E-state index contributed by atoms with van der Waals surface area (Å²) >= 11 is 0. The van der Waals surface area contributed by atoms with E-state index in [9.17, 15) is 20.1 Å². The van der Waals surface area contributed by atoms with Gasteiger partial charge in [0.2, 0.25) is 0 Å². The average molecular weight is 605 g/mol. The van der Waals surface area contributed by atoms with Crippen molar-refractivity contribution in [3.8, 4) is 5.75 Å². The van der Waals surface area contributed by atoms with Gasteiger partial charge in [0.05, 0.1) is 26.4 Å². The normalized spacial score (nSPS) is 11.2. The number of carbonyl (C=O) groups is 1. The molecule has 0 saturated heterocycles. The molecule has 0 amide bonds. The maximum absolute atomic E-state index is 10.8. The maximum atomic E-state index is 10.8. The maximum Gasteiger partial charge on any atom is 0.330 e. The first kappa shape index (κ1) is 34.7. The number of hydrogen-bond donors (Lipinski definition) is 3. The Morgan fingerprint density at radius 3 is 1.75 bits per heavy atom. The van der Waals surface area contributed by atoms with Crippen molar-refractivity contribution in [2.45, 2.75) is 24.7 Å². The molecule has 0 aliphatic rings. The topological polar surface area (TPSA) is 115 Å². The minimum Gasteiger partial charge on any atom is -0.491 e. The molecule has 3 N–H and O–H groups in total. The summed E-state index contributed by atoms with van der Waals surface area (Å²) in [5.41, 5.74) is 0.729. The Hall–Kier alpha value is -3.79. The highest BCUT2D eigenvalue weighted by Gasteiger charge is 2.32. The van der Waals surface area contributed by atoms with E-state index in [-0.39, 0.29) is 31.8 Å². The van der Waals surface area contributed by atoms with Crippen LogP contribution < -0.4 is 4.74 Å². The lowest BCUT2D eigenvalue weighted by atomic mass is 9.71. The van der Waals surface area contributed by atoms with Gasteiger partial charge in [-0.15, -0.1) is 0 Å². The molecule has 4 rings (SSSR count). The number of aliphatic hydroxyl groups is 3. The van der Waals surface area contributed by atoms with E-state index in [1.165, 1.54) is 0 Å². The number of fused-ring (bicyclic) bond motifs is 2. The summed E-state index contributed by atoms with van der Waals surface area (Å²) in [6.07, 6.45) is 2.76. The van der Waals surface area contributed by atoms with E-state index in [0.717, 1.165) is 38.9 Å². The lowest BCUT2D eigenvalue weighted by molar-refractivity contribution is -0.139. The highest BCUT2D eigenvalue weighted by atomic mass is 16.6. The Morgan fingerprint density at radius 2 is 1.14 bits per heavy atom. The molecule has 4 aromatic carbocycles. The van der Waals surface area contributed by atoms with E-state index in [1.54, 1.807) is 0 Å². The minimum absolute atomic E-state index is 0.0449. The molecule has 8 heteroatoms. The van der Waals surface area contributed by atoms with E-state index in [2.05, 4.69) is 36.9 Å². The van der Waals surface area contributed by atoms with E-state index >= 15 is 0 Å². The number of ether oxygens (including phenoxy) is 4. The molecule has 44 heavy (non-hydrogen) atoms. The second-order valence-electron chi connectivity index (χ2n) is 10.1. The van der Waals surface area contributed by atoms with Gasteiger partial charge in [-0.1, -0.05) is 85.4 Å². The zero-order valence-corrected chi connectivity index (χ0v) is 25.2. The third kappa shape index (κ3) is 10.4. The summed E-state index contributed by atoms with van der Waals surface area (Å²) < 4.78 is 21.3. The molecule has 0 fully saturated rings. The predicted molar refractivity (Wildman–Crippen MR) is 173 cm³/mol. The SMILES string of the molecule is C=CC(=O)OCCOCCOCCOc1cccc2ccccc12.OCCC(CCO)(CCO)c1cccc2ccccc12. The Kier molecular flexibility index (Phi) is 15.4. The van der Waals surface area contributed by atoms with Gasteiger partial charge >= 0.3 is 5.97 Å². The van der Waals surface area contributed by atoms with Gasteiger partial charge in [0.1, 0.15) is 19.0 Å². The molecule has 236 valence electrons. The summed E-state index contributed by atoms with van der Waals surface area (Å²) in [5.74, 6) is 0.414. The van der Waals surface area contributed by atoms with Gasteiger partial charge in [0.25, 0.3) is 0 Å². The molecule has 4 aromatic rings. The molecule has 0 heterocycles. The Bertz CT molecular complexity index is 1390. The molecule has 0 aliphatic carbocycles. The van der Waals surface area contributed by atoms with Crippen molar-refractivity contribution >= 4 is 27.5 Å². The molecule has 0 atom stereocenters. The highest BCUT2D eigenvalue weighted by Crippen LogP contribution is 2.39. The first-order chi connectivity index (χ1) is 21.6. The van der Waals surface area contributed by atoms with E-state index in [4.69, 9.17) is 18.9 Å². The zero-order valence-electron chi connectivity index (χ0n) is 25.2. The van der Waals surface area contributed by atoms with Crippen LogP contribution in [0.1, 0.15) is 24.8 Å². The third-order valence-corrected chi connectivity index (χ3v) is 7.38. The molecule has 0 bridgehead atoms. The van der Waals surface area contributed by atoms with Gasteiger partial charge in [-0.05, 0) is 47.1 Å². The van der Waals surface area contributed by atoms with Gasteiger partial charge in [-0.2, -0.15) is 0 Å². The minimum atomic E-state index is -0.444. The lowest BCUT2D eigenvalue weighted by Crippen LogP contribution is -2.30. The number of benzene rings is 4. The van der Waals surface area contributed by atoms with Gasteiger partial charge in [0.15, 0.2) is 0 Å². The van der Waals surface area contributed by atoms with Gasteiger partial charge in [-0.25, -0.2) is 4.79 Å². The van der Waals surface area contributed by atoms with Crippen LogP contribution in [0.25, 0.3) is 21.5 Å². The van der Waals surface area contributed by atoms with Crippen LogP contribution in [-0.4, -0.2) is 80.8 Å². The molecule has 0 saturated carbocycles. The molecular weight excluding hydrogens is 560 g/mol. The lowest BCUT2D eigenvalue weighted by Gasteiger charge is -2.34. The highest BCUT2D eigenvalue weighted by molar-refractivity contribution is 5.88. The van der Waals surface area contributed by atoms with E-state index in [1.807, 2.05) is 54.6 Å². The fourth-order valence-electron chi connectivity index (χ4n) is 5.22. The van der Waals surface area contributed by atoms with Crippen molar-refractivity contribution in [1.29, 1.82) is 0 Å². The number of esters is 1. The smallest absolute Gasteiger partial charge is 0.330 e. The van der Waals surface area contributed by atoms with E-state index in [0.29, 0.717) is 52.3 Å². The largest absolute Gasteiger partial charge is 0.491 e. The first-order valence-corrected chi connectivity index (χ1v) is 14.9. The summed E-state index contributed by atoms with van der Waals surface area (Å²) in [6, 6.07) is 28.3. The molecule has 8 nitrogen and oxygen atoms in total. The van der Waals surface area contributed by atoms with Crippen LogP contribution in [0.2, 0.25) is 0 Å². The summed E-state index contributed by atoms with van der Waals surface area (Å²) in [7, 11) is 0. The predicted octanol–water partition coefficient (Wildman–Crippen LogP) is 5.21. The van der Waals surface area contributed by atoms with Crippen molar-refractivity contribution in [2.24, 2.45) is 0 Å². The molecule has 0 radical (unpaired) electrons. The number of aliphatic hydroxyl groups excluding tert-OH is 3. The molecule has 0 spiro atoms. The Balaban J connectivity index is 0.000000244. The molecule has 0 aromatic heterocycles. The second-order valence-corrected chi connectivity index (χ2v) is 10.1. The summed E-state index contributed by atoms with van der Waals surface area (Å²) in [6.45, 7) is 5.88. The van der Waals surface area contributed by atoms with Gasteiger partial charge in [0, 0.05) is 36.7 Å². The van der Waals surface area contributed by atoms with Crippen molar-refractivity contribution in [3.05, 3.63) is 103 Å². The van der Waals surface area contributed by atoms with Crippen molar-refractivity contribution in [3.63, 3.8) is 0 Å². The number of carbonyl (C=O) groups excluding carboxylic acids is 1. The van der Waals surface area contributed by atoms with Crippen LogP contribution in [0.3, 0.4) is 0 Å². The third-order valence-electron chi connectivity index (χ3n) is 7.38. The van der Waals surface area contributed by atoms with Gasteiger partial charge in [-0.3, -0.25) is 0 Å². The van der Waals surface area contributed by atoms with Crippen molar-refractivity contribution < 1.29 is 39.1 Å². The van der Waals surface area contributed by atoms with Crippen LogP contribution in [0.4, 0.5) is 0 Å². The fourth-order valence-corrected chi connectivity index (χ4v) is 5.22. The van der Waals surface area contributed by atoms with E-state index < -0.39 is 5.97 Å². The van der Waals surface area contributed by atoms with Crippen molar-refractivity contribution in [2.75, 3.05) is 59.5 Å². The average Bonchev–Trinajstić information content (AvgIpc) is 3.06. The van der Waals surface area contributed by atoms with Crippen LogP contribution in [0, 0.1) is 0 Å². The first-order valence-electron chi connectivity index (χ1n) is 14.9. The second kappa shape index (κ2) is 19.5. The fraction of sp³-hybridized carbons (Fsp3) is 0.361. The summed E-state index contributed by atoms with van der Waals surface area (Å²) in [5, 5.41) is 32.8. The zero-order chi connectivity index (χ0) is 31.5. The van der Waals surface area contributed by atoms with Crippen LogP contribution in [0.5, 0.6) is 5.75 Å². The molecular formula is C36H44O8. The Labute approximate surface area is 259 Å². The van der Waals surface area contributed by atoms with Gasteiger partial charge < -0.3 is 34.3 Å². The quantitative estimate of drug-likeness (QED) is 0.0806. The number of hydrogen-bond acceptors (Lipinski definition) is 8.